The summed E-state index contributed by atoms with van der Waals surface area (Å²) < 4.78 is 51.1. The molecule has 0 radical (unpaired) electrons. The Morgan fingerprint density at radius 1 is 0.479 bits per heavy atom. The van der Waals surface area contributed by atoms with Gasteiger partial charge in [-0.3, -0.25) is 0 Å². The predicted octanol–water partition coefficient (Wildman–Crippen LogP) is 23.8. The van der Waals surface area contributed by atoms with Crippen LogP contribution in [-0.2, 0) is 52.3 Å². The van der Waals surface area contributed by atoms with Gasteiger partial charge in [0.1, 0.15) is 12.2 Å². The first-order valence-corrected chi connectivity index (χ1v) is 44.2. The first kappa shape index (κ1) is 90.0. The fraction of sp³-hybridized carbons (Fsp3) is 0.362. The molecule has 6 atom stereocenters. The number of carbonyl (C=O) groups excluding carboxylic acids is 2. The van der Waals surface area contributed by atoms with E-state index in [0.717, 1.165) is 150 Å². The predicted molar refractivity (Wildman–Crippen MR) is 486 cm³/mol. The Labute approximate surface area is 732 Å². The highest BCUT2D eigenvalue weighted by Crippen LogP contribution is 2.49. The number of carboxylic acid groups (broad SMARTS) is 1. The SMILES string of the molecule is CCOC(=O)[C@@H](OC(C)(C)C)c1c(C)cc2nc(Br)sc2c1-c1ccc(Cl)cc1.CCOC(=O)[C@@H](OC(C)(C)C)c1c(C)cc2nc(N3CCOC(c4ccccc4)C3)sc2c1-c1ccc(Cl)cc1.Cc1cc2nc(N3CCOC(c4ccccc4)C3)sc2c(-c2ccc(Cl)cc2)c1[C@H](OC(C)(C)C)C(=O)O.c1ccc(C2CNCCO2)cc1. The van der Waals surface area contributed by atoms with Gasteiger partial charge in [-0.25, -0.2) is 29.3 Å². The molecule has 3 fully saturated rings. The Bertz CT molecular complexity index is 5450. The molecule has 9 aromatic carbocycles. The number of morpholine rings is 3. The normalized spacial score (nSPS) is 16.6. The van der Waals surface area contributed by atoms with E-state index >= 15 is 0 Å². The lowest BCUT2D eigenvalue weighted by Gasteiger charge is -2.32. The fourth-order valence-electron chi connectivity index (χ4n) is 14.6. The molecule has 2 N–H and O–H groups in total. The van der Waals surface area contributed by atoms with E-state index < -0.39 is 53.0 Å². The molecule has 0 bridgehead atoms. The van der Waals surface area contributed by atoms with Crippen molar-refractivity contribution >= 4 is 144 Å². The maximum atomic E-state index is 13.4. The van der Waals surface area contributed by atoms with Crippen LogP contribution < -0.4 is 15.1 Å². The van der Waals surface area contributed by atoms with Gasteiger partial charge in [0.05, 0.1) is 99.7 Å². The van der Waals surface area contributed by atoms with Gasteiger partial charge in [0.25, 0.3) is 0 Å². The highest BCUT2D eigenvalue weighted by Gasteiger charge is 2.38. The minimum Gasteiger partial charge on any atom is -0.479 e. The van der Waals surface area contributed by atoms with Crippen LogP contribution in [0, 0.1) is 20.8 Å². The van der Waals surface area contributed by atoms with Crippen molar-refractivity contribution in [2.75, 3.05) is 82.1 Å². The minimum absolute atomic E-state index is 0.0247. The molecule has 3 aliphatic rings. The van der Waals surface area contributed by atoms with Crippen LogP contribution in [0.2, 0.25) is 15.1 Å². The number of carbonyl (C=O) groups is 3. The molecule has 6 heterocycles. The molecule has 626 valence electrons. The molecular weight excluding hydrogens is 1690 g/mol. The van der Waals surface area contributed by atoms with E-state index in [4.69, 9.17) is 82.7 Å². The summed E-state index contributed by atoms with van der Waals surface area (Å²) in [5.41, 5.74) is 14.7. The molecule has 0 aliphatic carbocycles. The largest absolute Gasteiger partial charge is 0.479 e. The molecule has 3 aliphatic heterocycles. The summed E-state index contributed by atoms with van der Waals surface area (Å²) >= 11 is 26.8. The number of rotatable bonds is 19. The second kappa shape index (κ2) is 40.2. The van der Waals surface area contributed by atoms with E-state index in [1.165, 1.54) is 16.9 Å². The minimum atomic E-state index is -1.14. The second-order valence-corrected chi connectivity index (χ2v) is 37.6. The van der Waals surface area contributed by atoms with Gasteiger partial charge >= 0.3 is 17.9 Å². The number of hydrogen-bond acceptors (Lipinski definition) is 20. The zero-order valence-electron chi connectivity index (χ0n) is 69.5. The Morgan fingerprint density at radius 2 is 0.807 bits per heavy atom. The summed E-state index contributed by atoms with van der Waals surface area (Å²) in [6.07, 6.45) is -2.70. The number of nitrogens with zero attached hydrogens (tertiary/aromatic N) is 5. The van der Waals surface area contributed by atoms with Crippen LogP contribution in [0.3, 0.4) is 0 Å². The second-order valence-electron chi connectivity index (χ2n) is 32.1. The van der Waals surface area contributed by atoms with Crippen molar-refractivity contribution in [2.24, 2.45) is 0 Å². The third-order valence-corrected chi connectivity index (χ3v) is 24.3. The molecule has 15 rings (SSSR count). The number of aryl methyl sites for hydroxylation is 3. The zero-order valence-corrected chi connectivity index (χ0v) is 75.8. The van der Waals surface area contributed by atoms with Gasteiger partial charge in [-0.05, 0) is 218 Å². The van der Waals surface area contributed by atoms with Crippen LogP contribution in [0.1, 0.15) is 163 Å². The number of fused-ring (bicyclic) bond motifs is 3. The Morgan fingerprint density at radius 3 is 1.14 bits per heavy atom. The first-order valence-electron chi connectivity index (χ1n) is 39.9. The molecule has 3 aromatic heterocycles. The zero-order chi connectivity index (χ0) is 85.0. The summed E-state index contributed by atoms with van der Waals surface area (Å²) in [5.74, 6) is -1.83. The van der Waals surface area contributed by atoms with Crippen LogP contribution >= 0.6 is 84.7 Å². The van der Waals surface area contributed by atoms with E-state index in [2.05, 4.69) is 78.5 Å². The molecule has 0 saturated carbocycles. The standard InChI is InChI=1S/C32H35ClN2O4S.C30H31ClN2O4S.C22H23BrClNO3S.C10H13NO/c1-6-37-30(36)28(39-32(3,4)5)26-20(2)18-24-29(27(26)22-12-14-23(33)15-13-22)40-31(34-24)35-16-17-38-25(19-35)21-10-8-7-9-11-21;1-18-16-22-27(38-29(32-22)33-14-15-36-23(17-33)19-8-6-5-7-9-19)25(20-10-12-21(31)13-11-20)24(18)26(28(34)35)37-30(2,3)4;1-6-27-20(26)18(28-22(3,4)5)16-12(2)11-15-19(29-21(23)25-15)17(16)13-7-9-14(24)10-8-13;1-2-4-9(5-3-1)10-8-11-6-7-12-10/h7-15,18,25,28H,6,16-17,19H2,1-5H3;5-13,16,23,26H,14-15,17H2,1-4H3,(H,34,35);7-11,18H,6H2,1-5H3;1-5,10-11H,6-8H2/t25?,28-;23?,26-;18-;/m000./s1. The topological polar surface area (TPSA) is 202 Å². The molecule has 25 heteroatoms. The fourth-order valence-corrected chi connectivity index (χ4v) is 18.8. The van der Waals surface area contributed by atoms with E-state index in [9.17, 15) is 19.5 Å². The van der Waals surface area contributed by atoms with Gasteiger partial charge in [-0.2, -0.15) is 0 Å². The number of halogens is 4. The van der Waals surface area contributed by atoms with E-state index in [1.807, 2.05) is 230 Å². The first-order chi connectivity index (χ1) is 56.8. The van der Waals surface area contributed by atoms with Gasteiger partial charge < -0.3 is 58.1 Å². The number of aromatic nitrogens is 3. The maximum Gasteiger partial charge on any atom is 0.339 e. The summed E-state index contributed by atoms with van der Waals surface area (Å²) in [7, 11) is 0. The third-order valence-electron chi connectivity index (χ3n) is 19.7. The average molecular weight is 1790 g/mol. The van der Waals surface area contributed by atoms with Crippen molar-refractivity contribution in [3.63, 3.8) is 0 Å². The lowest BCUT2D eigenvalue weighted by Crippen LogP contribution is -2.38. The van der Waals surface area contributed by atoms with Crippen molar-refractivity contribution in [3.05, 3.63) is 251 Å². The third kappa shape index (κ3) is 23.1. The Balaban J connectivity index is 0.000000154. The molecule has 3 unspecified atom stereocenters. The summed E-state index contributed by atoms with van der Waals surface area (Å²) in [6, 6.07) is 59.7. The van der Waals surface area contributed by atoms with E-state index in [-0.39, 0.29) is 31.5 Å². The van der Waals surface area contributed by atoms with E-state index in [0.29, 0.717) is 46.9 Å². The Hall–Kier alpha value is -8.27. The summed E-state index contributed by atoms with van der Waals surface area (Å²) in [5, 5.41) is 17.3. The number of aliphatic carboxylic acids is 1. The summed E-state index contributed by atoms with van der Waals surface area (Å²) in [4.78, 5) is 58.1. The summed E-state index contributed by atoms with van der Waals surface area (Å²) in [6.45, 7) is 34.1. The highest BCUT2D eigenvalue weighted by molar-refractivity contribution is 9.11. The van der Waals surface area contributed by atoms with Crippen molar-refractivity contribution in [3.8, 4) is 33.4 Å². The van der Waals surface area contributed by atoms with Crippen LogP contribution in [0.5, 0.6) is 0 Å². The molecular formula is C94H102BrCl3N6O12S3. The van der Waals surface area contributed by atoms with E-state index in [1.54, 1.807) is 29.6 Å². The lowest BCUT2D eigenvalue weighted by molar-refractivity contribution is -0.167. The molecule has 0 spiro atoms. The number of esters is 2. The number of nitrogens with one attached hydrogen (secondary N) is 1. The average Bonchev–Trinajstić information content (AvgIpc) is 1.67. The van der Waals surface area contributed by atoms with Crippen LogP contribution in [0.15, 0.2) is 186 Å². The van der Waals surface area contributed by atoms with Gasteiger partial charge in [-0.15, -0.1) is 11.3 Å². The lowest BCUT2D eigenvalue weighted by atomic mass is 9.91. The Kier molecular flexibility index (Phi) is 30.4. The number of benzene rings is 9. The number of thiazole rings is 3. The van der Waals surface area contributed by atoms with Crippen LogP contribution in [0.4, 0.5) is 10.3 Å². The number of hydrogen-bond donors (Lipinski definition) is 2. The smallest absolute Gasteiger partial charge is 0.339 e. The van der Waals surface area contributed by atoms with Gasteiger partial charge in [0.15, 0.2) is 32.5 Å². The van der Waals surface area contributed by atoms with Gasteiger partial charge in [-0.1, -0.05) is 185 Å². The monoisotopic (exact) mass is 1790 g/mol. The van der Waals surface area contributed by atoms with Crippen LogP contribution in [0.25, 0.3) is 64.0 Å². The number of ether oxygens (including phenoxy) is 8. The molecule has 18 nitrogen and oxygen atoms in total. The molecule has 0 amide bonds. The van der Waals surface area contributed by atoms with Gasteiger partial charge in [0, 0.05) is 74.6 Å². The number of anilines is 2. The van der Waals surface area contributed by atoms with Crippen LogP contribution in [-0.4, -0.2) is 127 Å². The molecule has 119 heavy (non-hydrogen) atoms. The number of carboxylic acids is 1. The molecule has 3 saturated heterocycles. The van der Waals surface area contributed by atoms with Crippen molar-refractivity contribution in [1.29, 1.82) is 0 Å². The van der Waals surface area contributed by atoms with Crippen molar-refractivity contribution in [2.45, 2.75) is 150 Å². The molecule has 12 aromatic rings. The van der Waals surface area contributed by atoms with Gasteiger partial charge in [0.2, 0.25) is 0 Å². The maximum absolute atomic E-state index is 13.4. The highest BCUT2D eigenvalue weighted by atomic mass is 79.9. The van der Waals surface area contributed by atoms with Crippen molar-refractivity contribution < 1.29 is 57.4 Å². The quantitative estimate of drug-likeness (QED) is 0.0723. The van der Waals surface area contributed by atoms with Crippen molar-refractivity contribution in [1.82, 2.24) is 20.3 Å².